The number of hydrogen-bond donors (Lipinski definition) is 1. The third kappa shape index (κ3) is 6.56. The lowest BCUT2D eigenvalue weighted by molar-refractivity contribution is 0.185. The van der Waals surface area contributed by atoms with Crippen molar-refractivity contribution in [3.8, 4) is 0 Å². The third-order valence-electron chi connectivity index (χ3n) is 5.65. The van der Waals surface area contributed by atoms with E-state index in [1.54, 1.807) is 12.2 Å². The highest BCUT2D eigenvalue weighted by Gasteiger charge is 2.31. The number of halogens is 4. The number of nitrogens with zero attached hydrogens (tertiary/aromatic N) is 2. The van der Waals surface area contributed by atoms with Crippen LogP contribution in [-0.4, -0.2) is 41.5 Å². The molecule has 1 aliphatic heterocycles. The maximum absolute atomic E-state index is 13.6. The maximum Gasteiger partial charge on any atom is 0.322 e. The Labute approximate surface area is 215 Å². The maximum atomic E-state index is 13.6. The van der Waals surface area contributed by atoms with Crippen LogP contribution in [0.15, 0.2) is 83.0 Å². The van der Waals surface area contributed by atoms with Gasteiger partial charge in [0.1, 0.15) is 5.82 Å². The second kappa shape index (κ2) is 12.3. The quantitative estimate of drug-likeness (QED) is 0.401. The van der Waals surface area contributed by atoms with Gasteiger partial charge in [0, 0.05) is 25.3 Å². The lowest BCUT2D eigenvalue weighted by Crippen LogP contribution is -2.47. The van der Waals surface area contributed by atoms with E-state index < -0.39 is 5.82 Å². The number of carbonyl (C=O) groups is 1. The summed E-state index contributed by atoms with van der Waals surface area (Å²) in [7, 11) is 0. The summed E-state index contributed by atoms with van der Waals surface area (Å²) in [5.74, 6) is -0.536. The van der Waals surface area contributed by atoms with E-state index in [0.717, 1.165) is 5.56 Å². The van der Waals surface area contributed by atoms with Gasteiger partial charge in [0.05, 0.1) is 26.8 Å². The van der Waals surface area contributed by atoms with Crippen LogP contribution in [0.3, 0.4) is 0 Å². The average molecular weight is 523 g/mol. The summed E-state index contributed by atoms with van der Waals surface area (Å²) in [6.45, 7) is 7.36. The smallest absolute Gasteiger partial charge is 0.322 e. The zero-order valence-corrected chi connectivity index (χ0v) is 21.2. The van der Waals surface area contributed by atoms with Crippen molar-refractivity contribution in [2.24, 2.45) is 0 Å². The number of benzene rings is 2. The van der Waals surface area contributed by atoms with E-state index in [2.05, 4.69) is 16.8 Å². The molecular formula is C26H27Cl3FN3O. The molecule has 8 heteroatoms. The van der Waals surface area contributed by atoms with Crippen LogP contribution in [0.4, 0.5) is 14.9 Å². The van der Waals surface area contributed by atoms with Crippen molar-refractivity contribution in [3.05, 3.63) is 99.4 Å². The largest absolute Gasteiger partial charge is 0.367 e. The van der Waals surface area contributed by atoms with Crippen molar-refractivity contribution in [2.75, 3.05) is 25.0 Å². The monoisotopic (exact) mass is 521 g/mol. The molecule has 1 heterocycles. The number of urea groups is 1. The summed E-state index contributed by atoms with van der Waals surface area (Å²) in [5.41, 5.74) is 2.24. The van der Waals surface area contributed by atoms with E-state index in [1.807, 2.05) is 42.2 Å². The molecule has 0 radical (unpaired) electrons. The Hall–Kier alpha value is -2.47. The van der Waals surface area contributed by atoms with Crippen molar-refractivity contribution in [1.82, 2.24) is 9.80 Å². The van der Waals surface area contributed by atoms with Crippen LogP contribution in [0.1, 0.15) is 18.9 Å². The number of allylic oxidation sites excluding steroid dienone is 4. The molecule has 2 aromatic rings. The molecule has 0 spiro atoms. The first-order valence-corrected chi connectivity index (χ1v) is 12.1. The van der Waals surface area contributed by atoms with Gasteiger partial charge >= 0.3 is 6.03 Å². The molecule has 0 aliphatic carbocycles. The minimum absolute atomic E-state index is 0.0458. The Morgan fingerprint density at radius 3 is 2.59 bits per heavy atom. The fourth-order valence-corrected chi connectivity index (χ4v) is 4.68. The highest BCUT2D eigenvalue weighted by molar-refractivity contribution is 6.36. The third-order valence-corrected chi connectivity index (χ3v) is 6.67. The first-order chi connectivity index (χ1) is 16.3. The number of hydrogen-bond acceptors (Lipinski definition) is 2. The number of anilines is 1. The van der Waals surface area contributed by atoms with E-state index in [1.165, 1.54) is 18.2 Å². The van der Waals surface area contributed by atoms with Crippen LogP contribution < -0.4 is 5.32 Å². The van der Waals surface area contributed by atoms with Gasteiger partial charge in [0.25, 0.3) is 0 Å². The molecule has 0 saturated carbocycles. The Balaban J connectivity index is 1.92. The SMILES string of the molecule is C=C/C(Cl)=C(\C(Cl)=C/C)N1CCCN(C(=O)Nc2ccc(F)c(Cl)c2)C(Cc2ccccc2)C1. The number of carbonyl (C=O) groups excluding carboxylic acids is 1. The molecule has 2 aromatic carbocycles. The first-order valence-electron chi connectivity index (χ1n) is 11.0. The minimum Gasteiger partial charge on any atom is -0.367 e. The summed E-state index contributed by atoms with van der Waals surface area (Å²) in [5, 5.41) is 3.80. The standard InChI is InChI=1S/C26H27Cl3FN3O/c1-3-21(27)25(22(28)4-2)32-13-8-14-33(20(17-32)15-18-9-6-5-7-10-18)26(34)31-19-11-12-24(30)23(29)16-19/h3-7,9-12,16,20H,1,8,13-15,17H2,2H3,(H,31,34)/b22-4+,25-21-. The van der Waals surface area contributed by atoms with Crippen molar-refractivity contribution >= 4 is 46.5 Å². The number of nitrogens with one attached hydrogen (secondary N) is 1. The summed E-state index contributed by atoms with van der Waals surface area (Å²) in [6, 6.07) is 13.7. The molecule has 1 aliphatic rings. The van der Waals surface area contributed by atoms with E-state index >= 15 is 0 Å². The second-order valence-corrected chi connectivity index (χ2v) is 9.15. The first kappa shape index (κ1) is 26.1. The van der Waals surface area contributed by atoms with Gasteiger partial charge in [-0.15, -0.1) is 0 Å². The Kier molecular flexibility index (Phi) is 9.45. The van der Waals surface area contributed by atoms with Crippen LogP contribution in [-0.2, 0) is 6.42 Å². The molecule has 0 bridgehead atoms. The lowest BCUT2D eigenvalue weighted by Gasteiger charge is -2.34. The van der Waals surface area contributed by atoms with Crippen molar-refractivity contribution in [1.29, 1.82) is 0 Å². The Morgan fingerprint density at radius 1 is 1.21 bits per heavy atom. The van der Waals surface area contributed by atoms with Crippen molar-refractivity contribution < 1.29 is 9.18 Å². The molecule has 4 nitrogen and oxygen atoms in total. The van der Waals surface area contributed by atoms with E-state index in [-0.39, 0.29) is 17.1 Å². The van der Waals surface area contributed by atoms with Crippen LogP contribution in [0.2, 0.25) is 5.02 Å². The number of rotatable bonds is 6. The zero-order valence-electron chi connectivity index (χ0n) is 18.9. The molecule has 1 atom stereocenters. The van der Waals surface area contributed by atoms with Crippen LogP contribution >= 0.6 is 34.8 Å². The summed E-state index contributed by atoms with van der Waals surface area (Å²) in [4.78, 5) is 17.3. The fraction of sp³-hybridized carbons (Fsp3) is 0.269. The molecule has 1 unspecified atom stereocenters. The van der Waals surface area contributed by atoms with E-state index in [0.29, 0.717) is 53.9 Å². The van der Waals surface area contributed by atoms with Gasteiger partial charge in [0.2, 0.25) is 0 Å². The predicted molar refractivity (Wildman–Crippen MR) is 140 cm³/mol. The predicted octanol–water partition coefficient (Wildman–Crippen LogP) is 7.41. The molecule has 1 N–H and O–H groups in total. The summed E-state index contributed by atoms with van der Waals surface area (Å²) >= 11 is 18.9. The van der Waals surface area contributed by atoms with Crippen molar-refractivity contribution in [3.63, 3.8) is 0 Å². The van der Waals surface area contributed by atoms with Gasteiger partial charge in [-0.2, -0.15) is 0 Å². The van der Waals surface area contributed by atoms with Gasteiger partial charge < -0.3 is 15.1 Å². The normalized spacial score (nSPS) is 17.7. The van der Waals surface area contributed by atoms with Gasteiger partial charge in [-0.25, -0.2) is 9.18 Å². The summed E-state index contributed by atoms with van der Waals surface area (Å²) in [6.07, 6.45) is 4.72. The van der Waals surface area contributed by atoms with Gasteiger partial charge in [0.15, 0.2) is 0 Å². The molecule has 34 heavy (non-hydrogen) atoms. The zero-order chi connectivity index (χ0) is 24.7. The van der Waals surface area contributed by atoms with Crippen LogP contribution in [0.5, 0.6) is 0 Å². The van der Waals surface area contributed by atoms with Crippen molar-refractivity contribution in [2.45, 2.75) is 25.8 Å². The molecular weight excluding hydrogens is 496 g/mol. The molecule has 2 amide bonds. The van der Waals surface area contributed by atoms with Crippen LogP contribution in [0, 0.1) is 5.82 Å². The topological polar surface area (TPSA) is 35.6 Å². The Bertz CT molecular complexity index is 1090. The highest BCUT2D eigenvalue weighted by Crippen LogP contribution is 2.29. The summed E-state index contributed by atoms with van der Waals surface area (Å²) < 4.78 is 13.6. The highest BCUT2D eigenvalue weighted by atomic mass is 35.5. The van der Waals surface area contributed by atoms with Gasteiger partial charge in [-0.3, -0.25) is 0 Å². The number of amides is 2. The lowest BCUT2D eigenvalue weighted by atomic mass is 10.0. The molecule has 1 fully saturated rings. The molecule has 3 rings (SSSR count). The van der Waals surface area contributed by atoms with E-state index in [9.17, 15) is 9.18 Å². The van der Waals surface area contributed by atoms with Crippen LogP contribution in [0.25, 0.3) is 0 Å². The average Bonchev–Trinajstić information content (AvgIpc) is 3.04. The van der Waals surface area contributed by atoms with Gasteiger partial charge in [-0.05, 0) is 49.6 Å². The molecule has 1 saturated heterocycles. The molecule has 0 aromatic heterocycles. The van der Waals surface area contributed by atoms with E-state index in [4.69, 9.17) is 34.8 Å². The Morgan fingerprint density at radius 2 is 1.94 bits per heavy atom. The second-order valence-electron chi connectivity index (χ2n) is 7.93. The fourth-order valence-electron chi connectivity index (χ4n) is 4.01. The molecule has 180 valence electrons. The minimum atomic E-state index is -0.536. The van der Waals surface area contributed by atoms with Gasteiger partial charge in [-0.1, -0.05) is 77.8 Å².